The van der Waals surface area contributed by atoms with Crippen molar-refractivity contribution in [1.82, 2.24) is 5.32 Å². The fourth-order valence-electron chi connectivity index (χ4n) is 4.47. The molecule has 2 aromatic carbocycles. The summed E-state index contributed by atoms with van der Waals surface area (Å²) in [7, 11) is 3.20. The largest absolute Gasteiger partial charge is 0.496 e. The lowest BCUT2D eigenvalue weighted by Gasteiger charge is -2.26. The van der Waals surface area contributed by atoms with Crippen LogP contribution in [-0.4, -0.2) is 26.2 Å². The summed E-state index contributed by atoms with van der Waals surface area (Å²) < 4.78 is 11.5. The maximum atomic E-state index is 13.1. The van der Waals surface area contributed by atoms with E-state index in [1.807, 2.05) is 12.1 Å². The van der Waals surface area contributed by atoms with Gasteiger partial charge >= 0.3 is 0 Å². The molecule has 1 unspecified atom stereocenters. The highest BCUT2D eigenvalue weighted by Crippen LogP contribution is 2.40. The molecule has 0 aliphatic heterocycles. The van der Waals surface area contributed by atoms with Gasteiger partial charge in [-0.3, -0.25) is 4.79 Å². The second kappa shape index (κ2) is 14.2. The van der Waals surface area contributed by atoms with Crippen LogP contribution >= 0.6 is 0 Å². The van der Waals surface area contributed by atoms with Crippen LogP contribution in [0, 0.1) is 12.8 Å². The Balaban J connectivity index is 2.14. The predicted molar refractivity (Wildman–Crippen MR) is 169 cm³/mol. The summed E-state index contributed by atoms with van der Waals surface area (Å²) in [6.45, 7) is 15.3. The number of nitrogens with zero attached hydrogens (tertiary/aromatic N) is 1. The molecule has 0 saturated heterocycles. The van der Waals surface area contributed by atoms with E-state index in [2.05, 4.69) is 95.2 Å². The average molecular weight is 545 g/mol. The number of hydrogen-bond acceptors (Lipinski definition) is 4. The van der Waals surface area contributed by atoms with Crippen molar-refractivity contribution in [2.24, 2.45) is 5.92 Å². The van der Waals surface area contributed by atoms with E-state index in [0.717, 1.165) is 49.0 Å². The monoisotopic (exact) mass is 544 g/mol. The summed E-state index contributed by atoms with van der Waals surface area (Å²) in [5, 5.41) is 3.07. The zero-order valence-corrected chi connectivity index (χ0v) is 26.0. The molecular weight excluding hydrogens is 496 g/mol. The van der Waals surface area contributed by atoms with Crippen molar-refractivity contribution >= 4 is 22.9 Å². The van der Waals surface area contributed by atoms with E-state index in [1.54, 1.807) is 14.2 Å². The first-order valence-electron chi connectivity index (χ1n) is 14.7. The Morgan fingerprint density at radius 3 is 2.15 bits per heavy atom. The Morgan fingerprint density at radius 1 is 1.02 bits per heavy atom. The number of hydrogen-bond donors (Lipinski definition) is 1. The Bertz CT molecular complexity index is 1260. The lowest BCUT2D eigenvalue weighted by atomic mass is 9.95. The van der Waals surface area contributed by atoms with Gasteiger partial charge in [0.05, 0.1) is 19.9 Å². The number of aryl methyl sites for hydroxylation is 1. The third kappa shape index (κ3) is 7.80. The smallest absolute Gasteiger partial charge is 0.259 e. The number of carbonyl (C=O) groups is 1. The van der Waals surface area contributed by atoms with Crippen LogP contribution in [-0.2, 0) is 0 Å². The minimum Gasteiger partial charge on any atom is -0.496 e. The molecule has 1 aliphatic rings. The van der Waals surface area contributed by atoms with Gasteiger partial charge in [0, 0.05) is 30.1 Å². The molecule has 40 heavy (non-hydrogen) atoms. The molecule has 0 radical (unpaired) electrons. The molecular formula is C35H48N2O3. The first-order chi connectivity index (χ1) is 19.1. The van der Waals surface area contributed by atoms with E-state index in [9.17, 15) is 4.79 Å². The van der Waals surface area contributed by atoms with Crippen LogP contribution in [0.15, 0.2) is 59.8 Å². The molecule has 1 amide bonds. The minimum absolute atomic E-state index is 0.161. The van der Waals surface area contributed by atoms with Gasteiger partial charge in [0.1, 0.15) is 17.1 Å². The highest BCUT2D eigenvalue weighted by molar-refractivity contribution is 6.01. The van der Waals surface area contributed by atoms with Gasteiger partial charge in [-0.15, -0.1) is 0 Å². The van der Waals surface area contributed by atoms with Crippen LogP contribution in [0.3, 0.4) is 0 Å². The van der Waals surface area contributed by atoms with Gasteiger partial charge in [-0.05, 0) is 81.2 Å². The zero-order valence-electron chi connectivity index (χ0n) is 26.0. The third-order valence-electron chi connectivity index (χ3n) is 7.67. The van der Waals surface area contributed by atoms with E-state index in [1.165, 1.54) is 22.3 Å². The maximum Gasteiger partial charge on any atom is 0.259 e. The van der Waals surface area contributed by atoms with Crippen LogP contribution < -0.4 is 19.7 Å². The van der Waals surface area contributed by atoms with E-state index in [4.69, 9.17) is 9.47 Å². The fraction of sp³-hybridized carbons (Fsp3) is 0.457. The highest BCUT2D eigenvalue weighted by atomic mass is 16.5. The van der Waals surface area contributed by atoms with Crippen molar-refractivity contribution in [1.29, 1.82) is 0 Å². The number of amides is 1. The van der Waals surface area contributed by atoms with Gasteiger partial charge in [0.2, 0.25) is 0 Å². The van der Waals surface area contributed by atoms with Gasteiger partial charge in [-0.25, -0.2) is 0 Å². The molecule has 1 atom stereocenters. The Morgan fingerprint density at radius 2 is 1.65 bits per heavy atom. The number of benzene rings is 2. The molecule has 1 saturated carbocycles. The Labute approximate surface area is 242 Å². The zero-order chi connectivity index (χ0) is 29.4. The molecule has 5 heteroatoms. The van der Waals surface area contributed by atoms with Crippen LogP contribution in [0.4, 0.5) is 11.4 Å². The van der Waals surface area contributed by atoms with Gasteiger partial charge in [0.25, 0.3) is 5.91 Å². The van der Waals surface area contributed by atoms with Crippen LogP contribution in [0.25, 0.3) is 5.57 Å². The van der Waals surface area contributed by atoms with Crippen LogP contribution in [0.2, 0.25) is 0 Å². The molecule has 1 fully saturated rings. The summed E-state index contributed by atoms with van der Waals surface area (Å²) in [5.41, 5.74) is 8.61. The molecule has 1 N–H and O–H groups in total. The molecule has 2 aromatic rings. The Hall–Kier alpha value is -3.47. The van der Waals surface area contributed by atoms with Crippen molar-refractivity contribution in [2.75, 3.05) is 19.1 Å². The number of allylic oxidation sites excluding steroid dienone is 5. The summed E-state index contributed by atoms with van der Waals surface area (Å²) >= 11 is 0. The molecule has 0 spiro atoms. The predicted octanol–water partition coefficient (Wildman–Crippen LogP) is 9.14. The van der Waals surface area contributed by atoms with E-state index in [0.29, 0.717) is 23.0 Å². The quantitative estimate of drug-likeness (QED) is 0.255. The van der Waals surface area contributed by atoms with Crippen LogP contribution in [0.1, 0.15) is 95.1 Å². The maximum absolute atomic E-state index is 13.1. The molecule has 0 heterocycles. The van der Waals surface area contributed by atoms with E-state index < -0.39 is 0 Å². The lowest BCUT2D eigenvalue weighted by Crippen LogP contribution is -2.26. The normalized spacial score (nSPS) is 15.1. The van der Waals surface area contributed by atoms with Gasteiger partial charge < -0.3 is 19.7 Å². The summed E-state index contributed by atoms with van der Waals surface area (Å²) in [6.07, 6.45) is 12.0. The SMILES string of the molecule is CC/C(C)=C\N(c1cc(OC)c(C(=O)NC2CC2)c(OC)c1)c1ccc(C(/C=C(\C)CC)=C/C(C)CC)cc1C. The van der Waals surface area contributed by atoms with Gasteiger partial charge in [-0.1, -0.05) is 63.5 Å². The standard InChI is InChI=1S/C35H48N2O3/c1-10-23(4)17-28(18-24(5)11-2)27-13-16-31(26(7)19-27)37(22-25(6)12-3)30-20-32(39-8)34(33(21-30)40-9)35(38)36-29-14-15-29/h13,16-23,29H,10-12,14-15H2,1-9H3,(H,36,38)/b24-18+,25-22-,28-17+. The molecule has 1 aliphatic carbocycles. The van der Waals surface area contributed by atoms with Crippen LogP contribution in [0.5, 0.6) is 11.5 Å². The second-order valence-corrected chi connectivity index (χ2v) is 11.0. The number of anilines is 2. The van der Waals surface area contributed by atoms with Gasteiger partial charge in [0.15, 0.2) is 0 Å². The van der Waals surface area contributed by atoms with E-state index in [-0.39, 0.29) is 11.9 Å². The molecule has 0 bridgehead atoms. The highest BCUT2D eigenvalue weighted by Gasteiger charge is 2.28. The molecule has 5 nitrogen and oxygen atoms in total. The average Bonchev–Trinajstić information content (AvgIpc) is 3.78. The van der Waals surface area contributed by atoms with E-state index >= 15 is 0 Å². The topological polar surface area (TPSA) is 50.8 Å². The fourth-order valence-corrected chi connectivity index (χ4v) is 4.47. The second-order valence-electron chi connectivity index (χ2n) is 11.0. The number of ether oxygens (including phenoxy) is 2. The molecule has 3 rings (SSSR count). The Kier molecular flexibility index (Phi) is 11.1. The first kappa shape index (κ1) is 31.1. The number of carbonyl (C=O) groups excluding carboxylic acids is 1. The number of rotatable bonds is 13. The third-order valence-corrected chi connectivity index (χ3v) is 7.67. The summed E-state index contributed by atoms with van der Waals surface area (Å²) in [4.78, 5) is 15.3. The van der Waals surface area contributed by atoms with Crippen molar-refractivity contribution in [2.45, 2.75) is 86.6 Å². The van der Waals surface area contributed by atoms with Crippen molar-refractivity contribution in [3.8, 4) is 11.5 Å². The molecule has 0 aromatic heterocycles. The first-order valence-corrected chi connectivity index (χ1v) is 14.7. The van der Waals surface area contributed by atoms with Crippen molar-refractivity contribution < 1.29 is 14.3 Å². The summed E-state index contributed by atoms with van der Waals surface area (Å²) in [6, 6.07) is 10.8. The lowest BCUT2D eigenvalue weighted by molar-refractivity contribution is 0.0945. The minimum atomic E-state index is -0.161. The van der Waals surface area contributed by atoms with Crippen molar-refractivity contribution in [3.63, 3.8) is 0 Å². The number of nitrogens with one attached hydrogen (secondary N) is 1. The number of methoxy groups -OCH3 is 2. The molecule has 216 valence electrons. The van der Waals surface area contributed by atoms with Gasteiger partial charge in [-0.2, -0.15) is 0 Å². The summed E-state index contributed by atoms with van der Waals surface area (Å²) in [5.74, 6) is 1.32. The van der Waals surface area contributed by atoms with Crippen molar-refractivity contribution in [3.05, 3.63) is 76.5 Å².